The Morgan fingerprint density at radius 2 is 1.94 bits per heavy atom. The van der Waals surface area contributed by atoms with Gasteiger partial charge in [0, 0.05) is 37.0 Å². The molecule has 248 valence electrons. The zero-order chi connectivity index (χ0) is 32.7. The highest BCUT2D eigenvalue weighted by Crippen LogP contribution is 2.60. The average Bonchev–Trinajstić information content (AvgIpc) is 3.67. The number of benzene rings is 2. The van der Waals surface area contributed by atoms with E-state index in [0.29, 0.717) is 24.9 Å². The van der Waals surface area contributed by atoms with Crippen LogP contribution in [0.15, 0.2) is 30.3 Å². The fourth-order valence-electron chi connectivity index (χ4n) is 7.98. The van der Waals surface area contributed by atoms with E-state index in [9.17, 15) is 14.6 Å². The Labute approximate surface area is 269 Å². The van der Waals surface area contributed by atoms with Crippen molar-refractivity contribution >= 4 is 27.5 Å². The van der Waals surface area contributed by atoms with Crippen molar-refractivity contribution in [3.63, 3.8) is 0 Å². The molecule has 0 radical (unpaired) electrons. The maximum Gasteiger partial charge on any atom is 0.319 e. The molecule has 0 amide bonds. The predicted molar refractivity (Wildman–Crippen MR) is 168 cm³/mol. The minimum atomic E-state index is -1.26. The van der Waals surface area contributed by atoms with Gasteiger partial charge < -0.3 is 29.3 Å². The molecule has 3 saturated heterocycles. The first-order valence-corrected chi connectivity index (χ1v) is 15.9. The molecule has 0 bridgehead atoms. The number of pyridine rings is 1. The Bertz CT molecular complexity index is 1910. The first-order valence-electron chi connectivity index (χ1n) is 15.9. The highest BCUT2D eigenvalue weighted by molar-refractivity contribution is 6.02. The smallest absolute Gasteiger partial charge is 0.319 e. The van der Waals surface area contributed by atoms with E-state index in [-0.39, 0.29) is 82.8 Å². The Balaban J connectivity index is 1.30. The number of halogens is 3. The molecule has 47 heavy (non-hydrogen) atoms. The molecule has 2 N–H and O–H groups in total. The number of nitrogens with zero attached hydrogens (tertiary/aromatic N) is 5. The molecule has 3 atom stereocenters. The normalized spacial score (nSPS) is 27.0. The Morgan fingerprint density at radius 3 is 2.72 bits per heavy atom. The van der Waals surface area contributed by atoms with Gasteiger partial charge >= 0.3 is 6.01 Å². The van der Waals surface area contributed by atoms with Gasteiger partial charge in [-0.1, -0.05) is 12.1 Å². The van der Waals surface area contributed by atoms with Gasteiger partial charge in [-0.2, -0.15) is 9.97 Å². The third-order valence-electron chi connectivity index (χ3n) is 10.2. The Morgan fingerprint density at radius 1 is 1.11 bits per heavy atom. The lowest BCUT2D eigenvalue weighted by Crippen LogP contribution is -2.44. The maximum absolute atomic E-state index is 16.9. The first-order chi connectivity index (χ1) is 22.5. The summed E-state index contributed by atoms with van der Waals surface area (Å²) in [7, 11) is 1.37. The molecule has 3 aliphatic heterocycles. The summed E-state index contributed by atoms with van der Waals surface area (Å²) in [6.45, 7) is 3.70. The number of fused-ring (bicyclic) bond motifs is 3. The van der Waals surface area contributed by atoms with Gasteiger partial charge in [-0.15, -0.1) is 0 Å². The summed E-state index contributed by atoms with van der Waals surface area (Å²) in [5.74, 6) is -1.54. The zero-order valence-electron chi connectivity index (χ0n) is 26.2. The summed E-state index contributed by atoms with van der Waals surface area (Å²) >= 11 is 0. The van der Waals surface area contributed by atoms with Gasteiger partial charge in [0.2, 0.25) is 5.88 Å². The average molecular weight is 652 g/mol. The van der Waals surface area contributed by atoms with Crippen LogP contribution in [0.25, 0.3) is 32.9 Å². The van der Waals surface area contributed by atoms with E-state index in [0.717, 1.165) is 25.8 Å². The summed E-state index contributed by atoms with van der Waals surface area (Å²) in [6, 6.07) is 6.87. The lowest BCUT2D eigenvalue weighted by atomic mass is 9.89. The van der Waals surface area contributed by atoms with E-state index in [1.165, 1.54) is 31.4 Å². The van der Waals surface area contributed by atoms with E-state index in [2.05, 4.69) is 14.9 Å². The SMILES string of the molecule is COc1nc(-c2cc(O)cc3cccc(F)c23)c(F)c2nc(OC[C@@]34C[C@@H](F)CN3CC3(CC3)C4)nc(N3CCOC[C@@](C)(O)C3)c12. The van der Waals surface area contributed by atoms with Gasteiger partial charge in [0.05, 0.1) is 32.4 Å². The minimum absolute atomic E-state index is 0.0136. The number of phenols is 1. The lowest BCUT2D eigenvalue weighted by Gasteiger charge is -2.31. The van der Waals surface area contributed by atoms with Crippen LogP contribution in [-0.2, 0) is 4.74 Å². The van der Waals surface area contributed by atoms with Crippen LogP contribution >= 0.6 is 0 Å². The quantitative estimate of drug-likeness (QED) is 0.302. The number of alkyl halides is 1. The van der Waals surface area contributed by atoms with Crippen molar-refractivity contribution in [2.45, 2.75) is 49.9 Å². The number of rotatable bonds is 6. The molecule has 2 aromatic heterocycles. The highest BCUT2D eigenvalue weighted by Gasteiger charge is 2.62. The highest BCUT2D eigenvalue weighted by atomic mass is 19.1. The number of hydrogen-bond donors (Lipinski definition) is 2. The molecular weight excluding hydrogens is 615 g/mol. The number of aromatic nitrogens is 3. The number of hydrogen-bond acceptors (Lipinski definition) is 10. The van der Waals surface area contributed by atoms with Crippen molar-refractivity contribution in [2.24, 2.45) is 5.41 Å². The predicted octanol–water partition coefficient (Wildman–Crippen LogP) is 4.77. The van der Waals surface area contributed by atoms with Crippen molar-refractivity contribution in [3.05, 3.63) is 42.0 Å². The van der Waals surface area contributed by atoms with Gasteiger partial charge in [0.25, 0.3) is 0 Å². The number of anilines is 1. The molecule has 5 heterocycles. The lowest BCUT2D eigenvalue weighted by molar-refractivity contribution is -0.0123. The zero-order valence-corrected chi connectivity index (χ0v) is 26.2. The molecule has 13 heteroatoms. The summed E-state index contributed by atoms with van der Waals surface area (Å²) in [6.07, 6.45) is 2.42. The van der Waals surface area contributed by atoms with E-state index in [4.69, 9.17) is 19.2 Å². The topological polar surface area (TPSA) is 113 Å². The summed E-state index contributed by atoms with van der Waals surface area (Å²) in [4.78, 5) is 17.7. The number of phenolic OH excluding ortho intramolecular Hbond substituents is 1. The number of methoxy groups -OCH3 is 1. The minimum Gasteiger partial charge on any atom is -0.508 e. The molecule has 4 aliphatic rings. The van der Waals surface area contributed by atoms with Crippen LogP contribution < -0.4 is 14.4 Å². The summed E-state index contributed by atoms with van der Waals surface area (Å²) in [5, 5.41) is 22.1. The van der Waals surface area contributed by atoms with Crippen LogP contribution in [0.2, 0.25) is 0 Å². The first kappa shape index (κ1) is 30.4. The van der Waals surface area contributed by atoms with Crippen molar-refractivity contribution < 1.29 is 37.6 Å². The van der Waals surface area contributed by atoms with Crippen molar-refractivity contribution in [1.82, 2.24) is 19.9 Å². The standard InChI is InChI=1S/C34H36F3N5O5/c1-32(44)15-41(8-9-46-17-32)29-25-28(39-31(40-29)47-18-34-12-20(35)13-42(34)16-33(14-34)6-7-33)26(37)27(38-30(25)45-2)22-11-21(43)10-19-4-3-5-23(36)24(19)22/h3-5,10-11,20,43-44H,6-9,12-18H2,1-2H3/t20-,32+,34+/m1/s1. The van der Waals surface area contributed by atoms with Gasteiger partial charge in [0.15, 0.2) is 5.82 Å². The Hall–Kier alpha value is -3.94. The van der Waals surface area contributed by atoms with Gasteiger partial charge in [-0.25, -0.2) is 18.2 Å². The van der Waals surface area contributed by atoms with Crippen LogP contribution in [0.4, 0.5) is 19.0 Å². The van der Waals surface area contributed by atoms with E-state index in [1.54, 1.807) is 17.9 Å². The molecule has 4 aromatic rings. The molecular formula is C34H36F3N5O5. The molecule has 10 nitrogen and oxygen atoms in total. The van der Waals surface area contributed by atoms with Crippen molar-refractivity contribution in [3.8, 4) is 28.9 Å². The van der Waals surface area contributed by atoms with Crippen LogP contribution in [0.5, 0.6) is 17.6 Å². The van der Waals surface area contributed by atoms with E-state index >= 15 is 8.78 Å². The van der Waals surface area contributed by atoms with Crippen LogP contribution in [-0.4, -0.2) is 100 Å². The molecule has 1 saturated carbocycles. The number of ether oxygens (including phenoxy) is 3. The third kappa shape index (κ3) is 5.19. The van der Waals surface area contributed by atoms with Crippen molar-refractivity contribution in [2.75, 3.05) is 58.0 Å². The molecule has 1 aliphatic carbocycles. The molecule has 4 fully saturated rings. The summed E-state index contributed by atoms with van der Waals surface area (Å²) in [5.41, 5.74) is -2.02. The summed E-state index contributed by atoms with van der Waals surface area (Å²) < 4.78 is 64.5. The molecule has 1 spiro atoms. The van der Waals surface area contributed by atoms with Crippen LogP contribution in [0.3, 0.4) is 0 Å². The second-order valence-corrected chi connectivity index (χ2v) is 14.0. The Kier molecular flexibility index (Phi) is 6.98. The second kappa shape index (κ2) is 10.8. The third-order valence-corrected chi connectivity index (χ3v) is 10.2. The van der Waals surface area contributed by atoms with Crippen LogP contribution in [0.1, 0.15) is 32.6 Å². The second-order valence-electron chi connectivity index (χ2n) is 14.0. The number of aromatic hydroxyl groups is 1. The molecule has 2 aromatic carbocycles. The van der Waals surface area contributed by atoms with E-state index < -0.39 is 28.9 Å². The van der Waals surface area contributed by atoms with Crippen LogP contribution in [0, 0.1) is 17.0 Å². The fraction of sp³-hybridized carbons (Fsp3) is 0.500. The molecule has 8 rings (SSSR count). The number of aliphatic hydroxyl groups is 1. The number of β-amino-alcohol motifs (C(OH)–C–C–N with tert-alkyl or cyclic N) is 1. The molecule has 0 unspecified atom stereocenters. The van der Waals surface area contributed by atoms with Crippen molar-refractivity contribution in [1.29, 1.82) is 0 Å². The van der Waals surface area contributed by atoms with Gasteiger partial charge in [0.1, 0.15) is 52.4 Å². The van der Waals surface area contributed by atoms with Gasteiger partial charge in [-0.05, 0) is 55.2 Å². The fourth-order valence-corrected chi connectivity index (χ4v) is 7.98. The van der Waals surface area contributed by atoms with Gasteiger partial charge in [-0.3, -0.25) is 4.90 Å². The largest absolute Gasteiger partial charge is 0.508 e. The van der Waals surface area contributed by atoms with E-state index in [1.807, 2.05) is 0 Å². The monoisotopic (exact) mass is 651 g/mol. The maximum atomic E-state index is 16.9.